The first-order valence-corrected chi connectivity index (χ1v) is 7.20. The maximum Gasteiger partial charge on any atom is 0.143 e. The molecule has 0 bridgehead atoms. The smallest absolute Gasteiger partial charge is 0.143 e. The van der Waals surface area contributed by atoms with Crippen molar-refractivity contribution in [2.24, 2.45) is 0 Å². The Labute approximate surface area is 131 Å². The molecular weight excluding hydrogens is 345 g/mol. The van der Waals surface area contributed by atoms with Gasteiger partial charge >= 0.3 is 0 Å². The fourth-order valence-corrected chi connectivity index (χ4v) is 2.66. The Bertz CT molecular complexity index is 634. The van der Waals surface area contributed by atoms with Gasteiger partial charge in [0, 0.05) is 21.6 Å². The number of nitrogens with one attached hydrogen (secondary N) is 1. The van der Waals surface area contributed by atoms with E-state index >= 15 is 0 Å². The van der Waals surface area contributed by atoms with Crippen LogP contribution in [0.2, 0.25) is 5.02 Å². The average molecular weight is 359 g/mol. The summed E-state index contributed by atoms with van der Waals surface area (Å²) in [5, 5.41) is 3.60. The van der Waals surface area contributed by atoms with Crippen molar-refractivity contribution in [1.82, 2.24) is 0 Å². The maximum absolute atomic E-state index is 13.7. The standard InChI is InChI=1S/C15H14BrClFNO/c1-9-5-11(16)6-14(20-2)15(9)19-8-10-3-4-12(17)7-13(10)18/h3-7,19H,8H2,1-2H3. The zero-order valence-corrected chi connectivity index (χ0v) is 13.5. The molecule has 0 saturated carbocycles. The van der Waals surface area contributed by atoms with E-state index in [1.165, 1.54) is 6.07 Å². The third-order valence-electron chi connectivity index (χ3n) is 2.95. The second-order valence-corrected chi connectivity index (χ2v) is 5.74. The van der Waals surface area contributed by atoms with E-state index in [0.717, 1.165) is 15.7 Å². The quantitative estimate of drug-likeness (QED) is 0.814. The number of ether oxygens (including phenoxy) is 1. The van der Waals surface area contributed by atoms with Crippen LogP contribution < -0.4 is 10.1 Å². The van der Waals surface area contributed by atoms with Crippen molar-refractivity contribution < 1.29 is 9.13 Å². The van der Waals surface area contributed by atoms with Gasteiger partial charge in [-0.2, -0.15) is 0 Å². The normalized spacial score (nSPS) is 10.4. The molecule has 0 atom stereocenters. The highest BCUT2D eigenvalue weighted by molar-refractivity contribution is 9.10. The van der Waals surface area contributed by atoms with Crippen molar-refractivity contribution in [3.63, 3.8) is 0 Å². The molecule has 0 fully saturated rings. The molecule has 2 aromatic rings. The molecule has 0 spiro atoms. The predicted octanol–water partition coefficient (Wildman–Crippen LogP) is 5.17. The third-order valence-corrected chi connectivity index (χ3v) is 3.65. The van der Waals surface area contributed by atoms with Crippen molar-refractivity contribution in [2.75, 3.05) is 12.4 Å². The molecule has 20 heavy (non-hydrogen) atoms. The van der Waals surface area contributed by atoms with Gasteiger partial charge in [0.05, 0.1) is 12.8 Å². The van der Waals surface area contributed by atoms with Crippen molar-refractivity contribution in [3.05, 3.63) is 56.8 Å². The van der Waals surface area contributed by atoms with Crippen LogP contribution in [0.1, 0.15) is 11.1 Å². The van der Waals surface area contributed by atoms with Gasteiger partial charge in [-0.15, -0.1) is 0 Å². The van der Waals surface area contributed by atoms with Crippen molar-refractivity contribution in [3.8, 4) is 5.75 Å². The molecule has 0 aliphatic rings. The third kappa shape index (κ3) is 3.44. The molecule has 2 nitrogen and oxygen atoms in total. The van der Waals surface area contributed by atoms with Crippen LogP contribution >= 0.6 is 27.5 Å². The molecule has 0 amide bonds. The number of methoxy groups -OCH3 is 1. The first-order valence-electron chi connectivity index (χ1n) is 6.03. The molecule has 0 radical (unpaired) electrons. The molecule has 0 aromatic heterocycles. The van der Waals surface area contributed by atoms with Gasteiger partial charge in [-0.3, -0.25) is 0 Å². The molecule has 2 rings (SSSR count). The van der Waals surface area contributed by atoms with E-state index in [2.05, 4.69) is 21.2 Å². The highest BCUT2D eigenvalue weighted by Crippen LogP contribution is 2.32. The Balaban J connectivity index is 2.22. The van der Waals surface area contributed by atoms with Crippen LogP contribution in [0.4, 0.5) is 10.1 Å². The number of hydrogen-bond acceptors (Lipinski definition) is 2. The fourth-order valence-electron chi connectivity index (χ4n) is 1.95. The summed E-state index contributed by atoms with van der Waals surface area (Å²) >= 11 is 9.16. The first kappa shape index (κ1) is 15.1. The predicted molar refractivity (Wildman–Crippen MR) is 84.2 cm³/mol. The maximum atomic E-state index is 13.7. The zero-order valence-electron chi connectivity index (χ0n) is 11.1. The summed E-state index contributed by atoms with van der Waals surface area (Å²) in [6, 6.07) is 8.50. The molecule has 5 heteroatoms. The molecule has 0 unspecified atom stereocenters. The molecule has 0 heterocycles. The van der Waals surface area contributed by atoms with Crippen LogP contribution in [0.15, 0.2) is 34.8 Å². The van der Waals surface area contributed by atoms with Gasteiger partial charge < -0.3 is 10.1 Å². The molecule has 106 valence electrons. The average Bonchev–Trinajstić information content (AvgIpc) is 2.38. The summed E-state index contributed by atoms with van der Waals surface area (Å²) in [6.07, 6.45) is 0. The number of halogens is 3. The van der Waals surface area contributed by atoms with E-state index in [1.807, 2.05) is 19.1 Å². The van der Waals surface area contributed by atoms with Gasteiger partial charge in [-0.1, -0.05) is 33.6 Å². The number of benzene rings is 2. The van der Waals surface area contributed by atoms with Crippen LogP contribution in [-0.2, 0) is 6.54 Å². The summed E-state index contributed by atoms with van der Waals surface area (Å²) in [6.45, 7) is 2.33. The zero-order chi connectivity index (χ0) is 14.7. The molecule has 0 aliphatic carbocycles. The van der Waals surface area contributed by atoms with E-state index in [4.69, 9.17) is 16.3 Å². The minimum atomic E-state index is -0.321. The lowest BCUT2D eigenvalue weighted by molar-refractivity contribution is 0.416. The van der Waals surface area contributed by atoms with E-state index < -0.39 is 0 Å². The Kier molecular flexibility index (Phi) is 4.89. The summed E-state index contributed by atoms with van der Waals surface area (Å²) < 4.78 is 20.0. The number of anilines is 1. The lowest BCUT2D eigenvalue weighted by atomic mass is 10.1. The Morgan fingerprint density at radius 2 is 2.05 bits per heavy atom. The Morgan fingerprint density at radius 3 is 2.70 bits per heavy atom. The van der Waals surface area contributed by atoms with Gasteiger partial charge in [0.2, 0.25) is 0 Å². The van der Waals surface area contributed by atoms with Gasteiger partial charge in [0.15, 0.2) is 0 Å². The van der Waals surface area contributed by atoms with Gasteiger partial charge in [0.1, 0.15) is 11.6 Å². The number of hydrogen-bond donors (Lipinski definition) is 1. The van der Waals surface area contributed by atoms with Crippen LogP contribution in [0, 0.1) is 12.7 Å². The summed E-state index contributed by atoms with van der Waals surface area (Å²) in [5.74, 6) is 0.393. The monoisotopic (exact) mass is 357 g/mol. The molecule has 0 aliphatic heterocycles. The van der Waals surface area contributed by atoms with Crippen LogP contribution in [0.5, 0.6) is 5.75 Å². The molecule has 2 aromatic carbocycles. The van der Waals surface area contributed by atoms with Crippen LogP contribution in [0.3, 0.4) is 0 Å². The van der Waals surface area contributed by atoms with Gasteiger partial charge in [-0.25, -0.2) is 4.39 Å². The Hall–Kier alpha value is -1.26. The van der Waals surface area contributed by atoms with E-state index in [0.29, 0.717) is 22.9 Å². The van der Waals surface area contributed by atoms with Crippen molar-refractivity contribution in [2.45, 2.75) is 13.5 Å². The second kappa shape index (κ2) is 6.46. The van der Waals surface area contributed by atoms with Crippen molar-refractivity contribution >= 4 is 33.2 Å². The van der Waals surface area contributed by atoms with E-state index in [9.17, 15) is 4.39 Å². The minimum Gasteiger partial charge on any atom is -0.495 e. The van der Waals surface area contributed by atoms with Crippen LogP contribution in [-0.4, -0.2) is 7.11 Å². The highest BCUT2D eigenvalue weighted by atomic mass is 79.9. The highest BCUT2D eigenvalue weighted by Gasteiger charge is 2.09. The second-order valence-electron chi connectivity index (χ2n) is 4.39. The topological polar surface area (TPSA) is 21.3 Å². The summed E-state index contributed by atoms with van der Waals surface area (Å²) in [7, 11) is 1.61. The van der Waals surface area contributed by atoms with Crippen molar-refractivity contribution in [1.29, 1.82) is 0 Å². The SMILES string of the molecule is COc1cc(Br)cc(C)c1NCc1ccc(Cl)cc1F. The lowest BCUT2D eigenvalue weighted by Crippen LogP contribution is -2.05. The first-order chi connectivity index (χ1) is 9.51. The van der Waals surface area contributed by atoms with E-state index in [1.54, 1.807) is 19.2 Å². The summed E-state index contributed by atoms with van der Waals surface area (Å²) in [5.41, 5.74) is 2.43. The molecule has 1 N–H and O–H groups in total. The largest absolute Gasteiger partial charge is 0.495 e. The number of rotatable bonds is 4. The minimum absolute atomic E-state index is 0.321. The molecular formula is C15H14BrClFNO. The lowest BCUT2D eigenvalue weighted by Gasteiger charge is -2.15. The van der Waals surface area contributed by atoms with Gasteiger partial charge in [-0.05, 0) is 36.8 Å². The van der Waals surface area contributed by atoms with Crippen LogP contribution in [0.25, 0.3) is 0 Å². The van der Waals surface area contributed by atoms with Gasteiger partial charge in [0.25, 0.3) is 0 Å². The van der Waals surface area contributed by atoms with E-state index in [-0.39, 0.29) is 5.82 Å². The fraction of sp³-hybridized carbons (Fsp3) is 0.200. The molecule has 0 saturated heterocycles. The summed E-state index contributed by atoms with van der Waals surface area (Å²) in [4.78, 5) is 0. The number of aryl methyl sites for hydroxylation is 1. The Morgan fingerprint density at radius 1 is 1.30 bits per heavy atom.